The average molecular weight is 268 g/mol. The van der Waals surface area contributed by atoms with Crippen molar-refractivity contribution >= 4 is 11.6 Å². The lowest BCUT2D eigenvalue weighted by atomic mass is 9.99. The highest BCUT2D eigenvalue weighted by Gasteiger charge is 2.23. The van der Waals surface area contributed by atoms with E-state index >= 15 is 0 Å². The van der Waals surface area contributed by atoms with E-state index in [1.165, 1.54) is 24.0 Å². The largest absolute Gasteiger partial charge is 0.486 e. The van der Waals surface area contributed by atoms with Crippen LogP contribution in [-0.2, 0) is 6.42 Å². The average Bonchev–Trinajstić information content (AvgIpc) is 2.89. The lowest BCUT2D eigenvalue weighted by Gasteiger charge is -2.23. The van der Waals surface area contributed by atoms with Crippen molar-refractivity contribution < 1.29 is 9.47 Å². The molecule has 1 saturated heterocycles. The van der Waals surface area contributed by atoms with E-state index in [4.69, 9.17) is 21.1 Å². The molecule has 0 radical (unpaired) electrons. The fraction of sp³-hybridized carbons (Fsp3) is 0.571. The van der Waals surface area contributed by atoms with Gasteiger partial charge in [0.2, 0.25) is 0 Å². The van der Waals surface area contributed by atoms with Crippen LogP contribution in [0.5, 0.6) is 11.5 Å². The lowest BCUT2D eigenvalue weighted by molar-refractivity contribution is 0.170. The van der Waals surface area contributed by atoms with Gasteiger partial charge in [-0.3, -0.25) is 0 Å². The van der Waals surface area contributed by atoms with Crippen molar-refractivity contribution in [1.82, 2.24) is 5.32 Å². The lowest BCUT2D eigenvalue weighted by Crippen LogP contribution is -2.24. The summed E-state index contributed by atoms with van der Waals surface area (Å²) in [5.41, 5.74) is 2.44. The van der Waals surface area contributed by atoms with E-state index < -0.39 is 0 Å². The van der Waals surface area contributed by atoms with Crippen LogP contribution in [0.3, 0.4) is 0 Å². The van der Waals surface area contributed by atoms with Crippen molar-refractivity contribution in [3.63, 3.8) is 0 Å². The molecule has 0 aliphatic carbocycles. The number of fused-ring (bicyclic) bond motifs is 1. The third-order valence-electron chi connectivity index (χ3n) is 3.75. The second-order valence-corrected chi connectivity index (χ2v) is 5.40. The number of benzene rings is 1. The quantitative estimate of drug-likeness (QED) is 0.894. The maximum absolute atomic E-state index is 6.28. The Morgan fingerprint density at radius 2 is 2.11 bits per heavy atom. The molecule has 1 fully saturated rings. The Bertz CT molecular complexity index is 456. The van der Waals surface area contributed by atoms with Gasteiger partial charge in [-0.15, -0.1) is 0 Å². The summed E-state index contributed by atoms with van der Waals surface area (Å²) in [4.78, 5) is 0. The Balaban J connectivity index is 1.92. The summed E-state index contributed by atoms with van der Waals surface area (Å²) in [5, 5.41) is 4.19. The Labute approximate surface area is 112 Å². The predicted octanol–water partition coefficient (Wildman–Crippen LogP) is 2.71. The number of hydrogen-bond acceptors (Lipinski definition) is 3. The minimum absolute atomic E-state index is 0.572. The first-order chi connectivity index (χ1) is 8.75. The molecule has 4 heteroatoms. The smallest absolute Gasteiger partial charge is 0.180 e. The molecular weight excluding hydrogens is 250 g/mol. The van der Waals surface area contributed by atoms with Crippen LogP contribution < -0.4 is 14.8 Å². The standard InChI is InChI=1S/C14H18ClNO2/c1-9-10(7-11-3-2-4-16-11)8-12(15)14-13(9)17-5-6-18-14/h8,11,16H,2-7H2,1H3. The summed E-state index contributed by atoms with van der Waals surface area (Å²) in [5.74, 6) is 1.55. The van der Waals surface area contributed by atoms with Gasteiger partial charge in [0.15, 0.2) is 11.5 Å². The predicted molar refractivity (Wildman–Crippen MR) is 71.9 cm³/mol. The summed E-state index contributed by atoms with van der Waals surface area (Å²) < 4.78 is 11.3. The van der Waals surface area contributed by atoms with Crippen molar-refractivity contribution in [2.75, 3.05) is 19.8 Å². The summed E-state index contributed by atoms with van der Waals surface area (Å²) in [7, 11) is 0. The van der Waals surface area contributed by atoms with Crippen molar-refractivity contribution in [1.29, 1.82) is 0 Å². The third-order valence-corrected chi connectivity index (χ3v) is 4.03. The van der Waals surface area contributed by atoms with Crippen LogP contribution in [0.4, 0.5) is 0 Å². The topological polar surface area (TPSA) is 30.5 Å². The molecule has 98 valence electrons. The van der Waals surface area contributed by atoms with Crippen molar-refractivity contribution in [3.05, 3.63) is 22.2 Å². The number of ether oxygens (including phenoxy) is 2. The van der Waals surface area contributed by atoms with E-state index in [0.29, 0.717) is 30.0 Å². The third kappa shape index (κ3) is 2.17. The number of hydrogen-bond donors (Lipinski definition) is 1. The number of nitrogens with one attached hydrogen (secondary N) is 1. The first-order valence-electron chi connectivity index (χ1n) is 6.56. The van der Waals surface area contributed by atoms with Gasteiger partial charge < -0.3 is 14.8 Å². The molecule has 0 saturated carbocycles. The normalized spacial score (nSPS) is 22.2. The maximum atomic E-state index is 6.28. The molecule has 18 heavy (non-hydrogen) atoms. The van der Waals surface area contributed by atoms with E-state index in [9.17, 15) is 0 Å². The van der Waals surface area contributed by atoms with Crippen LogP contribution in [0.15, 0.2) is 6.07 Å². The molecule has 1 atom stereocenters. The van der Waals surface area contributed by atoms with E-state index in [2.05, 4.69) is 12.2 Å². The second-order valence-electron chi connectivity index (χ2n) is 5.00. The van der Waals surface area contributed by atoms with Crippen LogP contribution in [0.1, 0.15) is 24.0 Å². The van der Waals surface area contributed by atoms with Crippen LogP contribution in [-0.4, -0.2) is 25.8 Å². The molecule has 0 spiro atoms. The van der Waals surface area contributed by atoms with Gasteiger partial charge in [-0.25, -0.2) is 0 Å². The van der Waals surface area contributed by atoms with Gasteiger partial charge in [-0.2, -0.15) is 0 Å². The fourth-order valence-electron chi connectivity index (χ4n) is 2.76. The monoisotopic (exact) mass is 267 g/mol. The molecule has 2 aliphatic heterocycles. The molecule has 3 nitrogen and oxygen atoms in total. The highest BCUT2D eigenvalue weighted by Crippen LogP contribution is 2.42. The van der Waals surface area contributed by atoms with Gasteiger partial charge in [0, 0.05) is 6.04 Å². The summed E-state index contributed by atoms with van der Waals surface area (Å²) in [6, 6.07) is 2.60. The molecule has 2 aliphatic rings. The van der Waals surface area contributed by atoms with Crippen LogP contribution >= 0.6 is 11.6 Å². The first-order valence-corrected chi connectivity index (χ1v) is 6.94. The molecule has 1 aromatic rings. The van der Waals surface area contributed by atoms with Crippen LogP contribution in [0.2, 0.25) is 5.02 Å². The Hall–Kier alpha value is -0.930. The van der Waals surface area contributed by atoms with Crippen molar-refractivity contribution in [2.24, 2.45) is 0 Å². The Morgan fingerprint density at radius 1 is 1.33 bits per heavy atom. The van der Waals surface area contributed by atoms with E-state index in [1.807, 2.05) is 6.07 Å². The zero-order valence-electron chi connectivity index (χ0n) is 10.6. The molecule has 1 unspecified atom stereocenters. The second kappa shape index (κ2) is 4.98. The molecule has 2 heterocycles. The van der Waals surface area contributed by atoms with Gasteiger partial charge in [-0.05, 0) is 49.9 Å². The zero-order valence-corrected chi connectivity index (χ0v) is 11.3. The van der Waals surface area contributed by atoms with E-state index in [0.717, 1.165) is 18.7 Å². The number of halogens is 1. The highest BCUT2D eigenvalue weighted by molar-refractivity contribution is 6.32. The summed E-state index contributed by atoms with van der Waals surface area (Å²) in [6.07, 6.45) is 3.52. The van der Waals surface area contributed by atoms with Crippen LogP contribution in [0.25, 0.3) is 0 Å². The zero-order chi connectivity index (χ0) is 12.5. The van der Waals surface area contributed by atoms with Crippen molar-refractivity contribution in [3.8, 4) is 11.5 Å². The van der Waals surface area contributed by atoms with Crippen LogP contribution in [0, 0.1) is 6.92 Å². The van der Waals surface area contributed by atoms with E-state index in [-0.39, 0.29) is 0 Å². The summed E-state index contributed by atoms with van der Waals surface area (Å²) in [6.45, 7) is 4.40. The number of rotatable bonds is 2. The molecule has 0 aromatic heterocycles. The highest BCUT2D eigenvalue weighted by atomic mass is 35.5. The van der Waals surface area contributed by atoms with Gasteiger partial charge in [0.05, 0.1) is 5.02 Å². The summed E-state index contributed by atoms with van der Waals surface area (Å²) >= 11 is 6.28. The Kier molecular flexibility index (Phi) is 3.35. The first kappa shape index (κ1) is 12.1. The maximum Gasteiger partial charge on any atom is 0.180 e. The Morgan fingerprint density at radius 3 is 2.83 bits per heavy atom. The molecule has 1 aromatic carbocycles. The molecular formula is C14H18ClNO2. The minimum atomic E-state index is 0.572. The minimum Gasteiger partial charge on any atom is -0.486 e. The SMILES string of the molecule is Cc1c(CC2CCCN2)cc(Cl)c2c1OCCO2. The van der Waals surface area contributed by atoms with Gasteiger partial charge >= 0.3 is 0 Å². The van der Waals surface area contributed by atoms with Gasteiger partial charge in [0.1, 0.15) is 13.2 Å². The van der Waals surface area contributed by atoms with Gasteiger partial charge in [-0.1, -0.05) is 11.6 Å². The molecule has 0 bridgehead atoms. The molecule has 1 N–H and O–H groups in total. The fourth-order valence-corrected chi connectivity index (χ4v) is 3.03. The van der Waals surface area contributed by atoms with E-state index in [1.54, 1.807) is 0 Å². The molecule has 0 amide bonds. The van der Waals surface area contributed by atoms with Crippen molar-refractivity contribution in [2.45, 2.75) is 32.2 Å². The van der Waals surface area contributed by atoms with Gasteiger partial charge in [0.25, 0.3) is 0 Å². The molecule has 3 rings (SSSR count).